The summed E-state index contributed by atoms with van der Waals surface area (Å²) < 4.78 is 12.8. The van der Waals surface area contributed by atoms with Gasteiger partial charge < -0.3 is 14.0 Å². The number of carbonyl (C=O) groups excluding carboxylic acids is 1. The van der Waals surface area contributed by atoms with Gasteiger partial charge in [-0.15, -0.1) is 0 Å². The van der Waals surface area contributed by atoms with Gasteiger partial charge >= 0.3 is 0 Å². The summed E-state index contributed by atoms with van der Waals surface area (Å²) in [7, 11) is 0. The minimum Gasteiger partial charge on any atom is -0.454 e. The molecule has 0 N–H and O–H groups in total. The lowest BCUT2D eigenvalue weighted by Crippen LogP contribution is -2.03. The second-order valence-electron chi connectivity index (χ2n) is 7.01. The first-order valence-electron chi connectivity index (χ1n) is 9.39. The molecule has 0 spiro atoms. The second-order valence-corrected chi connectivity index (χ2v) is 7.01. The molecular weight excluding hydrogens is 398 g/mol. The van der Waals surface area contributed by atoms with Crippen LogP contribution in [0.4, 0.5) is 5.69 Å². The van der Waals surface area contributed by atoms with E-state index >= 15 is 0 Å². The molecule has 0 fully saturated rings. The van der Waals surface area contributed by atoms with E-state index in [1.54, 1.807) is 0 Å². The van der Waals surface area contributed by atoms with E-state index < -0.39 is 10.7 Å². The zero-order valence-corrected chi connectivity index (χ0v) is 16.8. The second kappa shape index (κ2) is 7.80. The van der Waals surface area contributed by atoms with E-state index in [2.05, 4.69) is 0 Å². The Balaban J connectivity index is 1.72. The standard InChI is InChI=1S/C23H17N3O5/c1-14-8-17(15(2)25(14)19-6-7-21-22(11-19)31-13-30-21)9-18(12-24)23(27)16-4-3-5-20(10-16)26(28)29/h3-11H,13H2,1-2H3/b18-9-. The van der Waals surface area contributed by atoms with Crippen molar-refractivity contribution in [2.24, 2.45) is 0 Å². The third-order valence-electron chi connectivity index (χ3n) is 5.07. The number of nitriles is 1. The number of nitro groups is 1. The van der Waals surface area contributed by atoms with Crippen LogP contribution in [0.25, 0.3) is 11.8 Å². The number of hydrogen-bond acceptors (Lipinski definition) is 6. The summed E-state index contributed by atoms with van der Waals surface area (Å²) in [5.41, 5.74) is 3.08. The van der Waals surface area contributed by atoms with Crippen molar-refractivity contribution in [1.82, 2.24) is 4.57 Å². The molecule has 0 saturated carbocycles. The Morgan fingerprint density at radius 3 is 2.68 bits per heavy atom. The van der Waals surface area contributed by atoms with Crippen LogP contribution < -0.4 is 9.47 Å². The average Bonchev–Trinajstić information content (AvgIpc) is 3.34. The van der Waals surface area contributed by atoms with Crippen LogP contribution in [0.3, 0.4) is 0 Å². The minimum atomic E-state index is -0.578. The molecule has 31 heavy (non-hydrogen) atoms. The number of aromatic nitrogens is 1. The van der Waals surface area contributed by atoms with Gasteiger partial charge in [-0.05, 0) is 43.7 Å². The van der Waals surface area contributed by atoms with Crippen LogP contribution in [0, 0.1) is 35.3 Å². The highest BCUT2D eigenvalue weighted by atomic mass is 16.7. The molecule has 0 amide bonds. The number of benzene rings is 2. The average molecular weight is 415 g/mol. The molecule has 4 rings (SSSR count). The summed E-state index contributed by atoms with van der Waals surface area (Å²) in [6, 6.07) is 14.7. The highest BCUT2D eigenvalue weighted by molar-refractivity contribution is 6.14. The fourth-order valence-electron chi connectivity index (χ4n) is 3.58. The molecule has 3 aromatic rings. The maximum absolute atomic E-state index is 12.8. The maximum atomic E-state index is 12.8. The van der Waals surface area contributed by atoms with Gasteiger partial charge in [0.15, 0.2) is 11.5 Å². The van der Waals surface area contributed by atoms with Crippen LogP contribution in [0.5, 0.6) is 11.5 Å². The molecule has 0 bridgehead atoms. The first-order valence-corrected chi connectivity index (χ1v) is 9.39. The van der Waals surface area contributed by atoms with Gasteiger partial charge in [0, 0.05) is 40.8 Å². The van der Waals surface area contributed by atoms with E-state index in [-0.39, 0.29) is 23.6 Å². The molecule has 1 aliphatic heterocycles. The van der Waals surface area contributed by atoms with Crippen molar-refractivity contribution in [1.29, 1.82) is 5.26 Å². The lowest BCUT2D eigenvalue weighted by atomic mass is 10.0. The van der Waals surface area contributed by atoms with Crippen LogP contribution in [-0.2, 0) is 0 Å². The maximum Gasteiger partial charge on any atom is 0.270 e. The number of nitro benzene ring substituents is 1. The van der Waals surface area contributed by atoms with Crippen LogP contribution in [0.2, 0.25) is 0 Å². The number of ether oxygens (including phenoxy) is 2. The van der Waals surface area contributed by atoms with Crippen molar-refractivity contribution in [3.05, 3.63) is 86.7 Å². The Kier molecular flexibility index (Phi) is 5.01. The molecule has 8 heteroatoms. The number of allylic oxidation sites excluding steroid dienone is 1. The number of nitrogens with zero attached hydrogens (tertiary/aromatic N) is 3. The van der Waals surface area contributed by atoms with Crippen molar-refractivity contribution in [3.63, 3.8) is 0 Å². The predicted molar refractivity (Wildman–Crippen MR) is 112 cm³/mol. The van der Waals surface area contributed by atoms with Crippen LogP contribution >= 0.6 is 0 Å². The summed E-state index contributed by atoms with van der Waals surface area (Å²) in [5.74, 6) is 0.764. The SMILES string of the molecule is Cc1cc(/C=C(/C#N)C(=O)c2cccc([N+](=O)[O-])c2)c(C)n1-c1ccc2c(c1)OCO2. The van der Waals surface area contributed by atoms with Crippen molar-refractivity contribution in [2.45, 2.75) is 13.8 Å². The molecule has 0 saturated heterocycles. The first kappa shape index (κ1) is 19.9. The van der Waals surface area contributed by atoms with Gasteiger partial charge in [-0.2, -0.15) is 5.26 Å². The minimum absolute atomic E-state index is 0.0894. The fourth-order valence-corrected chi connectivity index (χ4v) is 3.58. The number of ketones is 1. The smallest absolute Gasteiger partial charge is 0.270 e. The monoisotopic (exact) mass is 415 g/mol. The largest absolute Gasteiger partial charge is 0.454 e. The van der Waals surface area contributed by atoms with Gasteiger partial charge in [-0.25, -0.2) is 0 Å². The molecule has 154 valence electrons. The normalized spacial score (nSPS) is 12.5. The third-order valence-corrected chi connectivity index (χ3v) is 5.07. The van der Waals surface area contributed by atoms with E-state index in [1.807, 2.05) is 48.7 Å². The number of fused-ring (bicyclic) bond motifs is 1. The topological polar surface area (TPSA) is 107 Å². The quantitative estimate of drug-likeness (QED) is 0.199. The van der Waals surface area contributed by atoms with E-state index in [4.69, 9.17) is 9.47 Å². The van der Waals surface area contributed by atoms with Gasteiger partial charge in [0.1, 0.15) is 11.6 Å². The zero-order valence-electron chi connectivity index (χ0n) is 16.8. The summed E-state index contributed by atoms with van der Waals surface area (Å²) in [5, 5.41) is 20.6. The van der Waals surface area contributed by atoms with Crippen LogP contribution in [-0.4, -0.2) is 22.1 Å². The Morgan fingerprint density at radius 1 is 1.16 bits per heavy atom. The number of aryl methyl sites for hydroxylation is 1. The molecule has 2 aromatic carbocycles. The molecule has 1 aromatic heterocycles. The number of Topliss-reactive ketones (excluding diaryl/α,β-unsaturated/α-hetero) is 1. The van der Waals surface area contributed by atoms with E-state index in [9.17, 15) is 20.2 Å². The molecular formula is C23H17N3O5. The van der Waals surface area contributed by atoms with Crippen molar-refractivity contribution >= 4 is 17.5 Å². The van der Waals surface area contributed by atoms with Crippen LogP contribution in [0.15, 0.2) is 54.1 Å². The van der Waals surface area contributed by atoms with Gasteiger partial charge in [0.05, 0.1) is 4.92 Å². The van der Waals surface area contributed by atoms with E-state index in [0.717, 1.165) is 17.1 Å². The summed E-state index contributed by atoms with van der Waals surface area (Å²) in [6.07, 6.45) is 1.51. The first-order chi connectivity index (χ1) is 14.9. The zero-order chi connectivity index (χ0) is 22.1. The molecule has 1 aliphatic rings. The summed E-state index contributed by atoms with van der Waals surface area (Å²) in [4.78, 5) is 23.2. The Labute approximate surface area is 177 Å². The lowest BCUT2D eigenvalue weighted by Gasteiger charge is -2.10. The number of carbonyl (C=O) groups is 1. The third kappa shape index (κ3) is 3.65. The molecule has 8 nitrogen and oxygen atoms in total. The van der Waals surface area contributed by atoms with Gasteiger partial charge in [-0.3, -0.25) is 14.9 Å². The van der Waals surface area contributed by atoms with E-state index in [1.165, 1.54) is 30.3 Å². The molecule has 0 aliphatic carbocycles. The van der Waals surface area contributed by atoms with Crippen molar-refractivity contribution < 1.29 is 19.2 Å². The van der Waals surface area contributed by atoms with E-state index in [0.29, 0.717) is 17.1 Å². The highest BCUT2D eigenvalue weighted by Crippen LogP contribution is 2.35. The fraction of sp³-hybridized carbons (Fsp3) is 0.130. The number of rotatable bonds is 5. The molecule has 2 heterocycles. The van der Waals surface area contributed by atoms with Crippen LogP contribution in [0.1, 0.15) is 27.3 Å². The Bertz CT molecular complexity index is 1300. The number of hydrogen-bond donors (Lipinski definition) is 0. The Hall–Kier alpha value is -4.38. The van der Waals surface area contributed by atoms with Gasteiger partial charge in [0.25, 0.3) is 5.69 Å². The molecule has 0 unspecified atom stereocenters. The molecule has 0 atom stereocenters. The highest BCUT2D eigenvalue weighted by Gasteiger charge is 2.19. The van der Waals surface area contributed by atoms with Crippen molar-refractivity contribution in [3.8, 4) is 23.3 Å². The van der Waals surface area contributed by atoms with Gasteiger partial charge in [-0.1, -0.05) is 12.1 Å². The summed E-state index contributed by atoms with van der Waals surface area (Å²) in [6.45, 7) is 3.99. The lowest BCUT2D eigenvalue weighted by molar-refractivity contribution is -0.384. The molecule has 0 radical (unpaired) electrons. The van der Waals surface area contributed by atoms with Gasteiger partial charge in [0.2, 0.25) is 12.6 Å². The van der Waals surface area contributed by atoms with Crippen molar-refractivity contribution in [2.75, 3.05) is 6.79 Å². The Morgan fingerprint density at radius 2 is 1.94 bits per heavy atom. The summed E-state index contributed by atoms with van der Waals surface area (Å²) >= 11 is 0. The predicted octanol–water partition coefficient (Wildman–Crippen LogP) is 4.52. The number of non-ortho nitro benzene ring substituents is 1.